The number of nitrogens with zero attached hydrogens (tertiary/aromatic N) is 4. The minimum absolute atomic E-state index is 0.676. The number of benzene rings is 4. The van der Waals surface area contributed by atoms with E-state index in [9.17, 15) is 0 Å². The summed E-state index contributed by atoms with van der Waals surface area (Å²) < 4.78 is 11.2. The average molecular weight is 543 g/mol. The maximum absolute atomic E-state index is 5.61. The molecule has 0 saturated heterocycles. The highest BCUT2D eigenvalue weighted by Gasteiger charge is 2.19. The fraction of sp³-hybridized carbons (Fsp3) is 0. The maximum Gasteiger partial charge on any atom is 0.181 e. The van der Waals surface area contributed by atoms with Crippen LogP contribution in [-0.2, 0) is 0 Å². The summed E-state index contributed by atoms with van der Waals surface area (Å²) in [5, 5.41) is 4.47. The molecule has 4 heterocycles. The molecule has 0 aliphatic carbocycles. The molecule has 6 heteroatoms. The van der Waals surface area contributed by atoms with Crippen molar-refractivity contribution < 1.29 is 8.83 Å². The predicted octanol–water partition coefficient (Wildman–Crippen LogP) is 9.09. The fourth-order valence-electron chi connectivity index (χ4n) is 5.75. The number of hydrogen-bond acceptors (Lipinski definition) is 6. The molecule has 0 aliphatic rings. The molecule has 8 rings (SSSR count). The molecule has 4 aromatic heterocycles. The van der Waals surface area contributed by atoms with Crippen LogP contribution in [0.25, 0.3) is 77.6 Å². The van der Waals surface area contributed by atoms with E-state index in [4.69, 9.17) is 8.83 Å². The Morgan fingerprint density at radius 3 is 1.45 bits per heavy atom. The summed E-state index contributed by atoms with van der Waals surface area (Å²) in [7, 11) is 0. The Hall–Kier alpha value is -5.88. The number of pyridine rings is 2. The highest BCUT2D eigenvalue weighted by atomic mass is 16.3. The Bertz CT molecular complexity index is 2190. The zero-order chi connectivity index (χ0) is 27.9. The molecule has 0 spiro atoms. The second-order valence-corrected chi connectivity index (χ2v) is 10.1. The summed E-state index contributed by atoms with van der Waals surface area (Å²) in [5.74, 6) is 1.35. The number of aromatic nitrogens is 4. The van der Waals surface area contributed by atoms with Crippen LogP contribution < -0.4 is 0 Å². The molecular weight excluding hydrogens is 520 g/mol. The van der Waals surface area contributed by atoms with Crippen molar-refractivity contribution in [2.24, 2.45) is 0 Å². The van der Waals surface area contributed by atoms with Crippen molar-refractivity contribution in [2.45, 2.75) is 0 Å². The van der Waals surface area contributed by atoms with Crippen LogP contribution in [0.3, 0.4) is 0 Å². The lowest BCUT2D eigenvalue weighted by Crippen LogP contribution is -1.93. The summed E-state index contributed by atoms with van der Waals surface area (Å²) in [6.07, 6.45) is 13.7. The largest absolute Gasteiger partial charge is 0.443 e. The molecule has 0 bridgehead atoms. The van der Waals surface area contributed by atoms with Gasteiger partial charge in [0.15, 0.2) is 24.3 Å². The smallest absolute Gasteiger partial charge is 0.181 e. The van der Waals surface area contributed by atoms with Crippen molar-refractivity contribution in [1.82, 2.24) is 19.9 Å². The van der Waals surface area contributed by atoms with Gasteiger partial charge in [0.05, 0.1) is 12.4 Å². The molecule has 0 atom stereocenters. The van der Waals surface area contributed by atoms with E-state index in [1.807, 2.05) is 18.5 Å². The van der Waals surface area contributed by atoms with Gasteiger partial charge in [-0.2, -0.15) is 0 Å². The summed E-state index contributed by atoms with van der Waals surface area (Å²) >= 11 is 0. The van der Waals surface area contributed by atoms with Crippen molar-refractivity contribution >= 4 is 21.5 Å². The highest BCUT2D eigenvalue weighted by Crippen LogP contribution is 2.45. The zero-order valence-electron chi connectivity index (χ0n) is 22.3. The van der Waals surface area contributed by atoms with Crippen molar-refractivity contribution in [2.75, 3.05) is 0 Å². The van der Waals surface area contributed by atoms with Gasteiger partial charge in [0.25, 0.3) is 0 Å². The fourth-order valence-corrected chi connectivity index (χ4v) is 5.75. The van der Waals surface area contributed by atoms with Gasteiger partial charge in [-0.05, 0) is 62.0 Å². The molecule has 8 aromatic rings. The van der Waals surface area contributed by atoms with Gasteiger partial charge in [0.2, 0.25) is 0 Å². The van der Waals surface area contributed by atoms with Crippen LogP contribution in [0.4, 0.5) is 0 Å². The third kappa shape index (κ3) is 4.05. The van der Waals surface area contributed by atoms with Crippen LogP contribution in [0.1, 0.15) is 0 Å². The summed E-state index contributed by atoms with van der Waals surface area (Å²) in [5.41, 5.74) is 8.24. The first kappa shape index (κ1) is 24.0. The zero-order valence-corrected chi connectivity index (χ0v) is 22.3. The second kappa shape index (κ2) is 9.94. The number of rotatable bonds is 5. The molecule has 0 N–H and O–H groups in total. The monoisotopic (exact) mass is 542 g/mol. The Kier molecular flexibility index (Phi) is 5.67. The van der Waals surface area contributed by atoms with E-state index >= 15 is 0 Å². The third-order valence-electron chi connectivity index (χ3n) is 7.62. The van der Waals surface area contributed by atoms with Crippen LogP contribution in [-0.4, -0.2) is 19.9 Å². The van der Waals surface area contributed by atoms with E-state index in [0.717, 1.165) is 66.1 Å². The number of hydrogen-bond donors (Lipinski definition) is 0. The molecule has 0 radical (unpaired) electrons. The lowest BCUT2D eigenvalue weighted by Gasteiger charge is -2.19. The molecule has 0 saturated carbocycles. The van der Waals surface area contributed by atoms with Crippen LogP contribution in [0.15, 0.2) is 144 Å². The van der Waals surface area contributed by atoms with Gasteiger partial charge in [-0.25, -0.2) is 9.97 Å². The van der Waals surface area contributed by atoms with Gasteiger partial charge in [-0.3, -0.25) is 9.97 Å². The van der Waals surface area contributed by atoms with Crippen LogP contribution >= 0.6 is 0 Å². The van der Waals surface area contributed by atoms with Crippen LogP contribution in [0, 0.1) is 0 Å². The third-order valence-corrected chi connectivity index (χ3v) is 7.62. The van der Waals surface area contributed by atoms with E-state index in [-0.39, 0.29) is 0 Å². The molecule has 0 unspecified atom stereocenters. The van der Waals surface area contributed by atoms with E-state index in [2.05, 4.69) is 98.8 Å². The van der Waals surface area contributed by atoms with Gasteiger partial charge >= 0.3 is 0 Å². The van der Waals surface area contributed by atoms with Crippen molar-refractivity contribution in [3.8, 4) is 56.0 Å². The van der Waals surface area contributed by atoms with E-state index in [1.54, 1.807) is 24.8 Å². The molecule has 0 amide bonds. The van der Waals surface area contributed by atoms with Crippen LogP contribution in [0.2, 0.25) is 0 Å². The Balaban J connectivity index is 1.47. The van der Waals surface area contributed by atoms with E-state index in [1.165, 1.54) is 12.8 Å². The van der Waals surface area contributed by atoms with E-state index in [0.29, 0.717) is 11.5 Å². The van der Waals surface area contributed by atoms with Gasteiger partial charge in [-0.15, -0.1) is 0 Å². The van der Waals surface area contributed by atoms with Gasteiger partial charge < -0.3 is 8.83 Å². The Morgan fingerprint density at radius 1 is 0.357 bits per heavy atom. The minimum atomic E-state index is 0.676. The van der Waals surface area contributed by atoms with Crippen molar-refractivity contribution in [3.63, 3.8) is 0 Å². The summed E-state index contributed by atoms with van der Waals surface area (Å²) in [4.78, 5) is 17.4. The molecular formula is C36H22N4O2. The molecule has 198 valence electrons. The van der Waals surface area contributed by atoms with Crippen molar-refractivity contribution in [3.05, 3.63) is 135 Å². The average Bonchev–Trinajstić information content (AvgIpc) is 3.80. The summed E-state index contributed by atoms with van der Waals surface area (Å²) in [6, 6.07) is 29.9. The lowest BCUT2D eigenvalue weighted by molar-refractivity contribution is 0.571. The SMILES string of the molecule is c1ccc(-c2ccc3c(-c4cncc(-c5cnco5)c4)c4ccccc4c(-c4cncc(-c5cnco5)c4)c3c2)cc1. The Labute approximate surface area is 241 Å². The maximum atomic E-state index is 5.61. The first-order chi connectivity index (χ1) is 20.8. The number of oxazole rings is 2. The normalized spacial score (nSPS) is 11.3. The van der Waals surface area contributed by atoms with Crippen molar-refractivity contribution in [1.29, 1.82) is 0 Å². The summed E-state index contributed by atoms with van der Waals surface area (Å²) in [6.45, 7) is 0. The first-order valence-electron chi connectivity index (χ1n) is 13.6. The highest BCUT2D eigenvalue weighted by molar-refractivity contribution is 6.22. The van der Waals surface area contributed by atoms with Crippen LogP contribution in [0.5, 0.6) is 0 Å². The molecule has 0 aliphatic heterocycles. The van der Waals surface area contributed by atoms with E-state index < -0.39 is 0 Å². The molecule has 6 nitrogen and oxygen atoms in total. The lowest BCUT2D eigenvalue weighted by atomic mass is 9.85. The number of fused-ring (bicyclic) bond motifs is 2. The molecule has 0 fully saturated rings. The second-order valence-electron chi connectivity index (χ2n) is 10.1. The quantitative estimate of drug-likeness (QED) is 0.202. The van der Waals surface area contributed by atoms with Gasteiger partial charge in [-0.1, -0.05) is 66.7 Å². The standard InChI is InChI=1S/C36H22N4O2/c1-2-6-23(7-3-1)24-10-11-31-32(14-24)36(28-13-26(16-38-18-28)34-20-40-22-42-34)30-9-5-4-8-29(30)35(31)27-12-25(15-37-17-27)33-19-39-21-41-33/h1-22H. The minimum Gasteiger partial charge on any atom is -0.443 e. The van der Waals surface area contributed by atoms with Gasteiger partial charge in [0, 0.05) is 47.0 Å². The first-order valence-corrected chi connectivity index (χ1v) is 13.6. The topological polar surface area (TPSA) is 77.8 Å². The Morgan fingerprint density at radius 2 is 0.881 bits per heavy atom. The molecule has 42 heavy (non-hydrogen) atoms. The predicted molar refractivity (Wildman–Crippen MR) is 164 cm³/mol. The molecule has 4 aromatic carbocycles. The van der Waals surface area contributed by atoms with Gasteiger partial charge in [0.1, 0.15) is 0 Å².